The topological polar surface area (TPSA) is 68.0 Å². The summed E-state index contributed by atoms with van der Waals surface area (Å²) >= 11 is 0. The van der Waals surface area contributed by atoms with Crippen molar-refractivity contribution in [3.8, 4) is 11.4 Å². The lowest BCUT2D eigenvalue weighted by Gasteiger charge is -1.98. The third-order valence-electron chi connectivity index (χ3n) is 2.55. The van der Waals surface area contributed by atoms with Crippen molar-refractivity contribution in [2.45, 2.75) is 13.3 Å². The molecule has 0 amide bonds. The molecule has 0 spiro atoms. The van der Waals surface area contributed by atoms with Gasteiger partial charge in [0.05, 0.1) is 0 Å². The summed E-state index contributed by atoms with van der Waals surface area (Å²) in [5.41, 5.74) is 2.00. The molecule has 0 fully saturated rings. The summed E-state index contributed by atoms with van der Waals surface area (Å²) in [6, 6.07) is 7.76. The van der Waals surface area contributed by atoms with Crippen LogP contribution in [0.4, 0.5) is 0 Å². The van der Waals surface area contributed by atoms with Gasteiger partial charge in [-0.25, -0.2) is 4.98 Å². The number of nitrogens with zero attached hydrogens (tertiary/aromatic N) is 3. The Morgan fingerprint density at radius 1 is 1.41 bits per heavy atom. The van der Waals surface area contributed by atoms with Crippen molar-refractivity contribution < 1.29 is 9.90 Å². The third-order valence-corrected chi connectivity index (χ3v) is 2.55. The maximum absolute atomic E-state index is 10.7. The fourth-order valence-electron chi connectivity index (χ4n) is 1.64. The first-order valence-corrected chi connectivity index (χ1v) is 5.25. The minimum absolute atomic E-state index is 0.116. The highest BCUT2D eigenvalue weighted by Gasteiger charge is 2.12. The second kappa shape index (κ2) is 4.37. The molecule has 0 aliphatic rings. The standard InChI is InChI=1S/C12H13N3O2/c1-8-5-3-4-6-9(8)12-13-10(7-11(16)17)15(2)14-12/h3-6H,7H2,1-2H3,(H,16,17). The number of hydrogen-bond acceptors (Lipinski definition) is 3. The fourth-order valence-corrected chi connectivity index (χ4v) is 1.64. The van der Waals surface area contributed by atoms with Crippen LogP contribution in [-0.2, 0) is 18.3 Å². The molecular formula is C12H13N3O2. The van der Waals surface area contributed by atoms with Crippen molar-refractivity contribution in [2.75, 3.05) is 0 Å². The Bertz CT molecular complexity index is 561. The molecule has 0 saturated heterocycles. The summed E-state index contributed by atoms with van der Waals surface area (Å²) in [6.45, 7) is 1.97. The monoisotopic (exact) mass is 231 g/mol. The molecule has 0 unspecified atom stereocenters. The molecule has 88 valence electrons. The van der Waals surface area contributed by atoms with Crippen LogP contribution in [0.1, 0.15) is 11.4 Å². The van der Waals surface area contributed by atoms with Crippen LogP contribution in [0.15, 0.2) is 24.3 Å². The maximum atomic E-state index is 10.7. The van der Waals surface area contributed by atoms with E-state index >= 15 is 0 Å². The lowest BCUT2D eigenvalue weighted by Crippen LogP contribution is -2.06. The van der Waals surface area contributed by atoms with Crippen LogP contribution in [0.3, 0.4) is 0 Å². The highest BCUT2D eigenvalue weighted by molar-refractivity contribution is 5.69. The fraction of sp³-hybridized carbons (Fsp3) is 0.250. The number of rotatable bonds is 3. The van der Waals surface area contributed by atoms with Gasteiger partial charge in [0.2, 0.25) is 0 Å². The molecule has 5 heteroatoms. The number of aromatic nitrogens is 3. The number of aliphatic carboxylic acids is 1. The molecule has 1 aromatic heterocycles. The average Bonchev–Trinajstić information content (AvgIpc) is 2.60. The number of carbonyl (C=O) groups is 1. The van der Waals surface area contributed by atoms with Crippen molar-refractivity contribution in [3.63, 3.8) is 0 Å². The predicted molar refractivity (Wildman–Crippen MR) is 62.5 cm³/mol. The van der Waals surface area contributed by atoms with Crippen molar-refractivity contribution >= 4 is 5.97 Å². The molecule has 1 heterocycles. The van der Waals surface area contributed by atoms with Gasteiger partial charge in [0.25, 0.3) is 0 Å². The molecule has 0 atom stereocenters. The van der Waals surface area contributed by atoms with Gasteiger partial charge >= 0.3 is 5.97 Å². The first-order valence-electron chi connectivity index (χ1n) is 5.25. The van der Waals surface area contributed by atoms with Crippen molar-refractivity contribution in [2.24, 2.45) is 7.05 Å². The Kier molecular flexibility index (Phi) is 2.91. The van der Waals surface area contributed by atoms with Crippen LogP contribution in [0, 0.1) is 6.92 Å². The van der Waals surface area contributed by atoms with Crippen molar-refractivity contribution in [1.82, 2.24) is 14.8 Å². The highest BCUT2D eigenvalue weighted by Crippen LogP contribution is 2.19. The average molecular weight is 231 g/mol. The smallest absolute Gasteiger partial charge is 0.311 e. The van der Waals surface area contributed by atoms with Gasteiger partial charge in [-0.2, -0.15) is 5.10 Å². The van der Waals surface area contributed by atoms with Gasteiger partial charge in [-0.3, -0.25) is 9.48 Å². The highest BCUT2D eigenvalue weighted by atomic mass is 16.4. The van der Waals surface area contributed by atoms with Crippen LogP contribution in [0.2, 0.25) is 0 Å². The van der Waals surface area contributed by atoms with Gasteiger partial charge in [-0.1, -0.05) is 24.3 Å². The minimum Gasteiger partial charge on any atom is -0.481 e. The molecule has 17 heavy (non-hydrogen) atoms. The zero-order valence-electron chi connectivity index (χ0n) is 9.71. The Hall–Kier alpha value is -2.17. The normalized spacial score (nSPS) is 10.5. The van der Waals surface area contributed by atoms with Gasteiger partial charge in [-0.05, 0) is 12.5 Å². The molecule has 1 N–H and O–H groups in total. The van der Waals surface area contributed by atoms with Crippen molar-refractivity contribution in [1.29, 1.82) is 0 Å². The molecule has 0 aliphatic carbocycles. The van der Waals surface area contributed by atoms with E-state index < -0.39 is 5.97 Å². The lowest BCUT2D eigenvalue weighted by molar-refractivity contribution is -0.136. The molecule has 2 aromatic rings. The molecule has 2 rings (SSSR count). The maximum Gasteiger partial charge on any atom is 0.311 e. The molecule has 0 bridgehead atoms. The van der Waals surface area contributed by atoms with Gasteiger partial charge in [0, 0.05) is 12.6 Å². The van der Waals surface area contributed by atoms with Crippen molar-refractivity contribution in [3.05, 3.63) is 35.7 Å². The minimum atomic E-state index is -0.906. The number of carboxylic acid groups (broad SMARTS) is 1. The van der Waals surface area contributed by atoms with Gasteiger partial charge in [0.1, 0.15) is 12.2 Å². The zero-order valence-corrected chi connectivity index (χ0v) is 9.71. The molecule has 0 radical (unpaired) electrons. The summed E-state index contributed by atoms with van der Waals surface area (Å²) < 4.78 is 1.51. The summed E-state index contributed by atoms with van der Waals surface area (Å²) in [5, 5.41) is 13.0. The van der Waals surface area contributed by atoms with Crippen LogP contribution in [0.25, 0.3) is 11.4 Å². The van der Waals surface area contributed by atoms with E-state index in [4.69, 9.17) is 5.11 Å². The zero-order chi connectivity index (χ0) is 12.4. The molecule has 5 nitrogen and oxygen atoms in total. The van der Waals surface area contributed by atoms with E-state index in [1.165, 1.54) is 4.68 Å². The van der Waals surface area contributed by atoms with Gasteiger partial charge < -0.3 is 5.11 Å². The van der Waals surface area contributed by atoms with E-state index in [-0.39, 0.29) is 6.42 Å². The molecular weight excluding hydrogens is 218 g/mol. The number of hydrogen-bond donors (Lipinski definition) is 1. The first-order chi connectivity index (χ1) is 8.08. The van der Waals surface area contributed by atoms with Crippen LogP contribution < -0.4 is 0 Å². The van der Waals surface area contributed by atoms with E-state index in [9.17, 15) is 4.79 Å². The second-order valence-corrected chi connectivity index (χ2v) is 3.86. The number of aryl methyl sites for hydroxylation is 2. The lowest BCUT2D eigenvalue weighted by atomic mass is 10.1. The van der Waals surface area contributed by atoms with Crippen LogP contribution in [-0.4, -0.2) is 25.8 Å². The van der Waals surface area contributed by atoms with Gasteiger partial charge in [0.15, 0.2) is 5.82 Å². The Labute approximate surface area is 98.7 Å². The Morgan fingerprint density at radius 3 is 2.76 bits per heavy atom. The summed E-state index contributed by atoms with van der Waals surface area (Å²) in [5.74, 6) is 0.120. The van der Waals surface area contributed by atoms with E-state index in [0.29, 0.717) is 11.6 Å². The SMILES string of the molecule is Cc1ccccc1-c1nc(CC(=O)O)n(C)n1. The number of carboxylic acids is 1. The summed E-state index contributed by atoms with van der Waals surface area (Å²) in [6.07, 6.45) is -0.116. The van der Waals surface area contributed by atoms with Crippen LogP contribution in [0.5, 0.6) is 0 Å². The molecule has 0 aliphatic heterocycles. The molecule has 1 aromatic carbocycles. The summed E-state index contributed by atoms with van der Waals surface area (Å²) in [4.78, 5) is 14.9. The van der Waals surface area contributed by atoms with E-state index in [1.807, 2.05) is 31.2 Å². The Balaban J connectivity index is 2.41. The summed E-state index contributed by atoms with van der Waals surface area (Å²) in [7, 11) is 1.70. The Morgan fingerprint density at radius 2 is 2.12 bits per heavy atom. The van der Waals surface area contributed by atoms with E-state index in [0.717, 1.165) is 11.1 Å². The van der Waals surface area contributed by atoms with Gasteiger partial charge in [-0.15, -0.1) is 0 Å². The third kappa shape index (κ3) is 2.33. The van der Waals surface area contributed by atoms with Crippen LogP contribution >= 0.6 is 0 Å². The largest absolute Gasteiger partial charge is 0.481 e. The quantitative estimate of drug-likeness (QED) is 0.867. The van der Waals surface area contributed by atoms with E-state index in [1.54, 1.807) is 7.05 Å². The second-order valence-electron chi connectivity index (χ2n) is 3.86. The molecule has 0 saturated carbocycles. The first kappa shape index (κ1) is 11.3. The van der Waals surface area contributed by atoms with E-state index in [2.05, 4.69) is 10.1 Å². The number of benzene rings is 1. The predicted octanol–water partition coefficient (Wildman–Crippen LogP) is 1.42.